The van der Waals surface area contributed by atoms with E-state index in [0.717, 1.165) is 61.9 Å². The van der Waals surface area contributed by atoms with Crippen LogP contribution in [0.2, 0.25) is 0 Å². The van der Waals surface area contributed by atoms with Crippen molar-refractivity contribution in [3.63, 3.8) is 0 Å². The van der Waals surface area contributed by atoms with Crippen molar-refractivity contribution in [2.45, 2.75) is 13.3 Å². The molecule has 2 heteroatoms. The topological polar surface area (TPSA) is 39.2 Å². The number of hydrogen-bond donors (Lipinski definition) is 1. The van der Waals surface area contributed by atoms with Gasteiger partial charge in [0.1, 0.15) is 11.2 Å². The van der Waals surface area contributed by atoms with E-state index in [0.29, 0.717) is 0 Å². The van der Waals surface area contributed by atoms with Crippen LogP contribution in [0.15, 0.2) is 186 Å². The lowest BCUT2D eigenvalue weighted by atomic mass is 9.94. The highest BCUT2D eigenvalue weighted by molar-refractivity contribution is 6.30. The standard InChI is InChI=1S/C41H29NO.C7H8/c42-38(24-23-27-11-2-1-3-12-27)31-16-9-14-29(26-31)28-13-8-15-30(25-28)32-21-10-22-37-39-35-19-6-4-17-33(35)34-18-5-7-20-36(34)41(39)43-40(32)37;1-7-5-3-2-4-6-7/h1-22,24-26H,23,42H2;2-6H,1H3/b38-24-;. The first-order valence-electron chi connectivity index (χ1n) is 17.1. The van der Waals surface area contributed by atoms with Gasteiger partial charge in [0.25, 0.3) is 0 Å². The number of allylic oxidation sites excluding steroid dienone is 1. The van der Waals surface area contributed by atoms with Gasteiger partial charge in [0.2, 0.25) is 0 Å². The van der Waals surface area contributed by atoms with Crippen molar-refractivity contribution in [3.8, 4) is 22.3 Å². The number of aryl methyl sites for hydroxylation is 1. The molecule has 240 valence electrons. The van der Waals surface area contributed by atoms with Gasteiger partial charge in [-0.2, -0.15) is 0 Å². The predicted molar refractivity (Wildman–Crippen MR) is 213 cm³/mol. The van der Waals surface area contributed by atoms with E-state index in [9.17, 15) is 0 Å². The zero-order valence-electron chi connectivity index (χ0n) is 28.0. The van der Waals surface area contributed by atoms with Crippen molar-refractivity contribution >= 4 is 49.2 Å². The van der Waals surface area contributed by atoms with Crippen molar-refractivity contribution in [2.24, 2.45) is 5.73 Å². The van der Waals surface area contributed by atoms with Crippen LogP contribution in [0.3, 0.4) is 0 Å². The molecule has 0 unspecified atom stereocenters. The highest BCUT2D eigenvalue weighted by Gasteiger charge is 2.18. The Balaban J connectivity index is 0.000000463. The molecule has 0 saturated carbocycles. The van der Waals surface area contributed by atoms with Gasteiger partial charge >= 0.3 is 0 Å². The second kappa shape index (κ2) is 13.6. The van der Waals surface area contributed by atoms with Gasteiger partial charge in [0.15, 0.2) is 0 Å². The summed E-state index contributed by atoms with van der Waals surface area (Å²) in [6, 6.07) is 61.5. The van der Waals surface area contributed by atoms with Crippen LogP contribution in [0.5, 0.6) is 0 Å². The average Bonchev–Trinajstić information content (AvgIpc) is 3.59. The molecule has 0 radical (unpaired) electrons. The number of furan rings is 1. The van der Waals surface area contributed by atoms with E-state index in [-0.39, 0.29) is 0 Å². The van der Waals surface area contributed by atoms with Gasteiger partial charge < -0.3 is 10.2 Å². The highest BCUT2D eigenvalue weighted by atomic mass is 16.3. The molecule has 0 aliphatic heterocycles. The van der Waals surface area contributed by atoms with Gasteiger partial charge in [0, 0.05) is 27.4 Å². The lowest BCUT2D eigenvalue weighted by molar-refractivity contribution is 0.674. The van der Waals surface area contributed by atoms with Gasteiger partial charge in [0.05, 0.1) is 0 Å². The molecule has 50 heavy (non-hydrogen) atoms. The number of hydrogen-bond acceptors (Lipinski definition) is 2. The second-order valence-electron chi connectivity index (χ2n) is 12.7. The molecule has 8 aromatic carbocycles. The van der Waals surface area contributed by atoms with Gasteiger partial charge in [-0.15, -0.1) is 0 Å². The summed E-state index contributed by atoms with van der Waals surface area (Å²) in [6.45, 7) is 2.08. The number of para-hydroxylation sites is 1. The van der Waals surface area contributed by atoms with Crippen LogP contribution < -0.4 is 5.73 Å². The van der Waals surface area contributed by atoms with E-state index in [1.165, 1.54) is 32.7 Å². The molecule has 0 atom stereocenters. The minimum atomic E-state index is 0.786. The Kier molecular flexibility index (Phi) is 8.42. The molecule has 0 spiro atoms. The highest BCUT2D eigenvalue weighted by Crippen LogP contribution is 2.43. The molecule has 0 fully saturated rings. The summed E-state index contributed by atoms with van der Waals surface area (Å²) in [7, 11) is 0. The summed E-state index contributed by atoms with van der Waals surface area (Å²) in [6.07, 6.45) is 2.90. The molecule has 1 heterocycles. The Morgan fingerprint density at radius 2 is 1.06 bits per heavy atom. The minimum Gasteiger partial charge on any atom is -0.455 e. The summed E-state index contributed by atoms with van der Waals surface area (Å²) >= 11 is 0. The van der Waals surface area contributed by atoms with Crippen LogP contribution in [-0.2, 0) is 6.42 Å². The summed E-state index contributed by atoms with van der Waals surface area (Å²) in [5.41, 5.74) is 17.2. The molecule has 1 aromatic heterocycles. The molecule has 2 N–H and O–H groups in total. The van der Waals surface area contributed by atoms with E-state index >= 15 is 0 Å². The number of rotatable bonds is 5. The molecule has 0 bridgehead atoms. The van der Waals surface area contributed by atoms with E-state index in [2.05, 4.69) is 165 Å². The molecule has 2 nitrogen and oxygen atoms in total. The van der Waals surface area contributed by atoms with Gasteiger partial charge in [-0.25, -0.2) is 0 Å². The third-order valence-corrected chi connectivity index (χ3v) is 9.42. The molecule has 9 rings (SSSR count). The Hall–Kier alpha value is -6.38. The lowest BCUT2D eigenvalue weighted by Crippen LogP contribution is -1.97. The van der Waals surface area contributed by atoms with Gasteiger partial charge in [-0.05, 0) is 69.5 Å². The minimum absolute atomic E-state index is 0.786. The van der Waals surface area contributed by atoms with Crippen molar-refractivity contribution in [2.75, 3.05) is 0 Å². The van der Waals surface area contributed by atoms with Crippen molar-refractivity contribution in [1.82, 2.24) is 0 Å². The largest absolute Gasteiger partial charge is 0.455 e. The second-order valence-corrected chi connectivity index (χ2v) is 12.7. The lowest BCUT2D eigenvalue weighted by Gasteiger charge is -2.09. The van der Waals surface area contributed by atoms with E-state index < -0.39 is 0 Å². The van der Waals surface area contributed by atoms with Crippen LogP contribution >= 0.6 is 0 Å². The normalized spacial score (nSPS) is 11.6. The third kappa shape index (κ3) is 6.04. The maximum absolute atomic E-state index is 6.79. The fourth-order valence-electron chi connectivity index (χ4n) is 6.89. The first-order valence-corrected chi connectivity index (χ1v) is 17.1. The molecule has 9 aromatic rings. The summed E-state index contributed by atoms with van der Waals surface area (Å²) in [4.78, 5) is 0. The summed E-state index contributed by atoms with van der Waals surface area (Å²) in [5, 5.41) is 7.13. The fourth-order valence-corrected chi connectivity index (χ4v) is 6.89. The Morgan fingerprint density at radius 3 is 1.78 bits per heavy atom. The third-order valence-electron chi connectivity index (χ3n) is 9.42. The number of benzene rings is 8. The number of fused-ring (bicyclic) bond motifs is 8. The fraction of sp³-hybridized carbons (Fsp3) is 0.0417. The van der Waals surface area contributed by atoms with E-state index in [1.807, 2.05) is 24.3 Å². The first-order chi connectivity index (χ1) is 24.6. The monoisotopic (exact) mass is 643 g/mol. The molecule has 0 aliphatic carbocycles. The molecule has 0 amide bonds. The van der Waals surface area contributed by atoms with E-state index in [1.54, 1.807) is 0 Å². The maximum atomic E-state index is 6.79. The summed E-state index contributed by atoms with van der Waals surface area (Å²) < 4.78 is 6.79. The molecular weight excluding hydrogens is 607 g/mol. The van der Waals surface area contributed by atoms with Crippen molar-refractivity contribution < 1.29 is 4.42 Å². The maximum Gasteiger partial charge on any atom is 0.143 e. The van der Waals surface area contributed by atoms with Crippen molar-refractivity contribution in [1.29, 1.82) is 0 Å². The van der Waals surface area contributed by atoms with Gasteiger partial charge in [-0.1, -0.05) is 175 Å². The zero-order chi connectivity index (χ0) is 33.9. The number of nitrogens with two attached hydrogens (primary N) is 1. The van der Waals surface area contributed by atoms with Crippen LogP contribution in [0, 0.1) is 6.92 Å². The van der Waals surface area contributed by atoms with Gasteiger partial charge in [-0.3, -0.25) is 0 Å². The van der Waals surface area contributed by atoms with Crippen LogP contribution in [0.4, 0.5) is 0 Å². The van der Waals surface area contributed by atoms with Crippen LogP contribution in [0.1, 0.15) is 16.7 Å². The summed E-state index contributed by atoms with van der Waals surface area (Å²) in [5.74, 6) is 0. The molecule has 0 aliphatic rings. The van der Waals surface area contributed by atoms with Crippen LogP contribution in [0.25, 0.3) is 71.4 Å². The Bertz CT molecular complexity index is 2630. The first kappa shape index (κ1) is 30.9. The van der Waals surface area contributed by atoms with Crippen molar-refractivity contribution in [3.05, 3.63) is 199 Å². The molecular formula is C48H37NO. The quantitative estimate of drug-likeness (QED) is 0.190. The Labute approximate surface area is 292 Å². The Morgan fingerprint density at radius 1 is 0.500 bits per heavy atom. The molecule has 0 saturated heterocycles. The van der Waals surface area contributed by atoms with Crippen LogP contribution in [-0.4, -0.2) is 0 Å². The predicted octanol–water partition coefficient (Wildman–Crippen LogP) is 12.8. The smallest absolute Gasteiger partial charge is 0.143 e. The average molecular weight is 644 g/mol. The van der Waals surface area contributed by atoms with E-state index in [4.69, 9.17) is 10.2 Å². The zero-order valence-corrected chi connectivity index (χ0v) is 28.0. The SMILES string of the molecule is Cc1ccccc1.N/C(=C\Cc1ccccc1)c1cccc(-c2cccc(-c3cccc4c3oc3c5ccccc5c5ccccc5c43)c2)c1.